The fraction of sp³-hybridized carbons (Fsp3) is 0.273. The molecule has 0 fully saturated rings. The van der Waals surface area contributed by atoms with E-state index in [0.717, 1.165) is 6.07 Å². The van der Waals surface area contributed by atoms with Crippen LogP contribution in [0.5, 0.6) is 0 Å². The summed E-state index contributed by atoms with van der Waals surface area (Å²) in [6, 6.07) is 1.59. The second-order valence-corrected chi connectivity index (χ2v) is 4.28. The van der Waals surface area contributed by atoms with Gasteiger partial charge in [0, 0.05) is 11.8 Å². The molecule has 1 aromatic rings. The van der Waals surface area contributed by atoms with Gasteiger partial charge in [-0.1, -0.05) is 15.9 Å². The Hall–Kier alpha value is -1.57. The van der Waals surface area contributed by atoms with Gasteiger partial charge in [0.15, 0.2) is 17.5 Å². The molecule has 0 radical (unpaired) electrons. The summed E-state index contributed by atoms with van der Waals surface area (Å²) in [7, 11) is 0. The molecule has 4 nitrogen and oxygen atoms in total. The second kappa shape index (κ2) is 7.13. The van der Waals surface area contributed by atoms with Gasteiger partial charge >= 0.3 is 0 Å². The molecule has 0 aliphatic carbocycles. The minimum absolute atomic E-state index is 0.187. The van der Waals surface area contributed by atoms with Crippen LogP contribution in [0.4, 0.5) is 18.9 Å². The van der Waals surface area contributed by atoms with E-state index in [-0.39, 0.29) is 18.9 Å². The van der Waals surface area contributed by atoms with Crippen molar-refractivity contribution >= 4 is 33.4 Å². The molecular weight excluding hydrogens is 329 g/mol. The topological polar surface area (TPSA) is 58.2 Å². The van der Waals surface area contributed by atoms with Gasteiger partial charge in [0.1, 0.15) is 0 Å². The predicted octanol–water partition coefficient (Wildman–Crippen LogP) is 1.94. The Kier molecular flexibility index (Phi) is 5.81. The molecule has 19 heavy (non-hydrogen) atoms. The number of nitrogens with one attached hydrogen (secondary N) is 2. The molecule has 8 heteroatoms. The Morgan fingerprint density at radius 1 is 1.11 bits per heavy atom. The first-order valence-electron chi connectivity index (χ1n) is 5.21. The Labute approximate surface area is 115 Å². The molecule has 0 unspecified atom stereocenters. The molecule has 2 amide bonds. The van der Waals surface area contributed by atoms with E-state index in [1.165, 1.54) is 0 Å². The van der Waals surface area contributed by atoms with Gasteiger partial charge in [-0.25, -0.2) is 13.2 Å². The van der Waals surface area contributed by atoms with E-state index in [2.05, 4.69) is 21.2 Å². The fourth-order valence-corrected chi connectivity index (χ4v) is 1.53. The lowest BCUT2D eigenvalue weighted by Gasteiger charge is -2.08. The molecule has 0 spiro atoms. The maximum atomic E-state index is 13.2. The van der Waals surface area contributed by atoms with E-state index in [0.29, 0.717) is 11.4 Å². The van der Waals surface area contributed by atoms with Crippen LogP contribution >= 0.6 is 15.9 Å². The first-order valence-corrected chi connectivity index (χ1v) is 6.34. The van der Waals surface area contributed by atoms with Gasteiger partial charge in [-0.3, -0.25) is 9.59 Å². The summed E-state index contributed by atoms with van der Waals surface area (Å²) in [6.45, 7) is -0.385. The first-order chi connectivity index (χ1) is 8.95. The number of hydrogen-bond donors (Lipinski definition) is 2. The molecule has 1 aromatic carbocycles. The van der Waals surface area contributed by atoms with E-state index in [1.807, 2.05) is 5.32 Å². The Balaban J connectivity index is 2.58. The standard InChI is InChI=1S/C11H10BrF3N2O2/c12-4-3-8(18)16-5-9(19)17-7-2-1-6(13)10(14)11(7)15/h1-2H,3-5H2,(H,16,18)(H,17,19). The van der Waals surface area contributed by atoms with Crippen molar-refractivity contribution < 1.29 is 22.8 Å². The molecule has 2 N–H and O–H groups in total. The maximum absolute atomic E-state index is 13.2. The van der Waals surface area contributed by atoms with Crippen molar-refractivity contribution in [2.45, 2.75) is 6.42 Å². The highest BCUT2D eigenvalue weighted by molar-refractivity contribution is 9.09. The van der Waals surface area contributed by atoms with Gasteiger partial charge in [0.2, 0.25) is 11.8 Å². The molecule has 1 rings (SSSR count). The van der Waals surface area contributed by atoms with Gasteiger partial charge in [-0.05, 0) is 12.1 Å². The number of amides is 2. The average molecular weight is 339 g/mol. The van der Waals surface area contributed by atoms with Crippen molar-refractivity contribution in [3.8, 4) is 0 Å². The van der Waals surface area contributed by atoms with Crippen LogP contribution in [0.1, 0.15) is 6.42 Å². The predicted molar refractivity (Wildman–Crippen MR) is 66.4 cm³/mol. The average Bonchev–Trinajstić information content (AvgIpc) is 2.37. The third-order valence-electron chi connectivity index (χ3n) is 2.08. The summed E-state index contributed by atoms with van der Waals surface area (Å²) in [4.78, 5) is 22.4. The van der Waals surface area contributed by atoms with E-state index < -0.39 is 29.0 Å². The second-order valence-electron chi connectivity index (χ2n) is 3.49. The van der Waals surface area contributed by atoms with Crippen molar-refractivity contribution in [2.75, 3.05) is 17.2 Å². The lowest BCUT2D eigenvalue weighted by atomic mass is 10.2. The van der Waals surface area contributed by atoms with Crippen molar-refractivity contribution in [3.63, 3.8) is 0 Å². The highest BCUT2D eigenvalue weighted by atomic mass is 79.9. The number of carbonyl (C=O) groups excluding carboxylic acids is 2. The van der Waals surface area contributed by atoms with Crippen LogP contribution in [-0.4, -0.2) is 23.7 Å². The summed E-state index contributed by atoms with van der Waals surface area (Å²) in [5.41, 5.74) is -0.487. The van der Waals surface area contributed by atoms with Crippen LogP contribution in [0.3, 0.4) is 0 Å². The van der Waals surface area contributed by atoms with Gasteiger partial charge in [-0.2, -0.15) is 0 Å². The zero-order chi connectivity index (χ0) is 14.4. The SMILES string of the molecule is O=C(CCBr)NCC(=O)Nc1ccc(F)c(F)c1F. The molecule has 0 aliphatic rings. The highest BCUT2D eigenvalue weighted by Crippen LogP contribution is 2.19. The number of benzene rings is 1. The minimum atomic E-state index is -1.67. The zero-order valence-electron chi connectivity index (χ0n) is 9.60. The number of anilines is 1. The van der Waals surface area contributed by atoms with Crippen LogP contribution in [0, 0.1) is 17.5 Å². The molecule has 0 aliphatic heterocycles. The lowest BCUT2D eigenvalue weighted by molar-refractivity contribution is -0.123. The van der Waals surface area contributed by atoms with E-state index >= 15 is 0 Å². The Bertz CT molecular complexity index is 497. The van der Waals surface area contributed by atoms with Gasteiger partial charge in [0.05, 0.1) is 12.2 Å². The molecule has 0 saturated carbocycles. The van der Waals surface area contributed by atoms with E-state index in [4.69, 9.17) is 0 Å². The zero-order valence-corrected chi connectivity index (χ0v) is 11.2. The number of carbonyl (C=O) groups is 2. The third kappa shape index (κ3) is 4.55. The number of hydrogen-bond acceptors (Lipinski definition) is 2. The Morgan fingerprint density at radius 2 is 1.79 bits per heavy atom. The summed E-state index contributed by atoms with van der Waals surface area (Å²) in [5, 5.41) is 4.75. The van der Waals surface area contributed by atoms with E-state index in [1.54, 1.807) is 0 Å². The van der Waals surface area contributed by atoms with Crippen LogP contribution < -0.4 is 10.6 Å². The van der Waals surface area contributed by atoms with Crippen molar-refractivity contribution in [1.29, 1.82) is 0 Å². The summed E-state index contributed by atoms with van der Waals surface area (Å²) in [5.74, 6) is -5.60. The minimum Gasteiger partial charge on any atom is -0.347 e. The monoisotopic (exact) mass is 338 g/mol. The molecule has 0 bridgehead atoms. The van der Waals surface area contributed by atoms with Crippen LogP contribution in [-0.2, 0) is 9.59 Å². The van der Waals surface area contributed by atoms with Crippen LogP contribution in [0.15, 0.2) is 12.1 Å². The van der Waals surface area contributed by atoms with Crippen LogP contribution in [0.2, 0.25) is 0 Å². The molecular formula is C11H10BrF3N2O2. The molecule has 0 saturated heterocycles. The Morgan fingerprint density at radius 3 is 2.42 bits per heavy atom. The molecule has 104 valence electrons. The molecule has 0 aromatic heterocycles. The summed E-state index contributed by atoms with van der Waals surface area (Å²) < 4.78 is 38.7. The van der Waals surface area contributed by atoms with Gasteiger partial charge in [0.25, 0.3) is 0 Å². The third-order valence-corrected chi connectivity index (χ3v) is 2.47. The van der Waals surface area contributed by atoms with Crippen LogP contribution in [0.25, 0.3) is 0 Å². The van der Waals surface area contributed by atoms with Crippen molar-refractivity contribution in [1.82, 2.24) is 5.32 Å². The summed E-state index contributed by atoms with van der Waals surface area (Å²) in [6.07, 6.45) is 0.187. The largest absolute Gasteiger partial charge is 0.347 e. The maximum Gasteiger partial charge on any atom is 0.243 e. The van der Waals surface area contributed by atoms with Crippen molar-refractivity contribution in [2.24, 2.45) is 0 Å². The lowest BCUT2D eigenvalue weighted by Crippen LogP contribution is -2.33. The number of rotatable bonds is 5. The van der Waals surface area contributed by atoms with Crippen molar-refractivity contribution in [3.05, 3.63) is 29.6 Å². The highest BCUT2D eigenvalue weighted by Gasteiger charge is 2.15. The van der Waals surface area contributed by atoms with Gasteiger partial charge < -0.3 is 10.6 Å². The van der Waals surface area contributed by atoms with E-state index in [9.17, 15) is 22.8 Å². The smallest absolute Gasteiger partial charge is 0.243 e. The number of halogens is 4. The normalized spacial score (nSPS) is 10.1. The quantitative estimate of drug-likeness (QED) is 0.636. The molecule has 0 atom stereocenters. The molecule has 0 heterocycles. The first kappa shape index (κ1) is 15.5. The summed E-state index contributed by atoms with van der Waals surface area (Å²) >= 11 is 3.05. The number of alkyl halides is 1. The van der Waals surface area contributed by atoms with Gasteiger partial charge in [-0.15, -0.1) is 0 Å². The fourth-order valence-electron chi connectivity index (χ4n) is 1.17.